The van der Waals surface area contributed by atoms with Gasteiger partial charge in [0.2, 0.25) is 0 Å². The van der Waals surface area contributed by atoms with E-state index in [9.17, 15) is 4.39 Å². The van der Waals surface area contributed by atoms with Gasteiger partial charge in [0.1, 0.15) is 5.82 Å². The molecule has 2 atom stereocenters. The van der Waals surface area contributed by atoms with Crippen LogP contribution < -0.4 is 5.73 Å². The van der Waals surface area contributed by atoms with Crippen LogP contribution in [0, 0.1) is 31.0 Å². The van der Waals surface area contributed by atoms with Gasteiger partial charge in [0, 0.05) is 11.6 Å². The van der Waals surface area contributed by atoms with Crippen LogP contribution in [0.4, 0.5) is 4.39 Å². The fourth-order valence-electron chi connectivity index (χ4n) is 3.74. The SMILES string of the molecule is Cc1cc(C)c(C(N)C2CCCCC2(C)C)c(F)c1. The van der Waals surface area contributed by atoms with Crippen LogP contribution in [0.1, 0.15) is 62.3 Å². The summed E-state index contributed by atoms with van der Waals surface area (Å²) in [7, 11) is 0. The van der Waals surface area contributed by atoms with Crippen LogP contribution >= 0.6 is 0 Å². The van der Waals surface area contributed by atoms with Gasteiger partial charge in [0.05, 0.1) is 0 Å². The van der Waals surface area contributed by atoms with Gasteiger partial charge in [-0.15, -0.1) is 0 Å². The first-order valence-electron chi connectivity index (χ1n) is 7.35. The molecule has 0 aromatic heterocycles. The average Bonchev–Trinajstić information content (AvgIpc) is 2.26. The maximum atomic E-state index is 14.3. The van der Waals surface area contributed by atoms with Crippen molar-refractivity contribution in [2.24, 2.45) is 17.1 Å². The summed E-state index contributed by atoms with van der Waals surface area (Å²) in [6.07, 6.45) is 4.79. The summed E-state index contributed by atoms with van der Waals surface area (Å²) in [5.41, 5.74) is 9.35. The van der Waals surface area contributed by atoms with Crippen molar-refractivity contribution in [2.75, 3.05) is 0 Å². The zero-order valence-electron chi connectivity index (χ0n) is 12.6. The molecule has 1 nitrogen and oxygen atoms in total. The molecule has 2 rings (SSSR count). The highest BCUT2D eigenvalue weighted by atomic mass is 19.1. The zero-order valence-corrected chi connectivity index (χ0v) is 12.6. The average molecular weight is 263 g/mol. The van der Waals surface area contributed by atoms with Gasteiger partial charge < -0.3 is 5.73 Å². The highest BCUT2D eigenvalue weighted by Gasteiger charge is 2.37. The number of halogens is 1. The van der Waals surface area contributed by atoms with E-state index >= 15 is 0 Å². The van der Waals surface area contributed by atoms with Crippen molar-refractivity contribution in [3.05, 3.63) is 34.6 Å². The van der Waals surface area contributed by atoms with Crippen LogP contribution in [0.15, 0.2) is 12.1 Å². The first-order chi connectivity index (χ1) is 8.83. The maximum Gasteiger partial charge on any atom is 0.128 e. The number of aryl methyl sites for hydroxylation is 2. The Morgan fingerprint density at radius 3 is 2.53 bits per heavy atom. The van der Waals surface area contributed by atoms with Crippen LogP contribution in [0.3, 0.4) is 0 Å². The van der Waals surface area contributed by atoms with E-state index < -0.39 is 0 Å². The molecule has 1 saturated carbocycles. The molecule has 0 spiro atoms. The number of benzene rings is 1. The van der Waals surface area contributed by atoms with Crippen LogP contribution in [-0.2, 0) is 0 Å². The molecule has 0 aliphatic heterocycles. The van der Waals surface area contributed by atoms with E-state index in [4.69, 9.17) is 5.73 Å². The van der Waals surface area contributed by atoms with Gasteiger partial charge in [-0.1, -0.05) is 32.8 Å². The minimum atomic E-state index is -0.184. The molecule has 2 heteroatoms. The monoisotopic (exact) mass is 263 g/mol. The van der Waals surface area contributed by atoms with Crippen molar-refractivity contribution in [2.45, 2.75) is 59.4 Å². The van der Waals surface area contributed by atoms with E-state index in [0.29, 0.717) is 5.92 Å². The van der Waals surface area contributed by atoms with Crippen molar-refractivity contribution >= 4 is 0 Å². The van der Waals surface area contributed by atoms with E-state index in [2.05, 4.69) is 13.8 Å². The van der Waals surface area contributed by atoms with Gasteiger partial charge in [0.15, 0.2) is 0 Å². The molecule has 0 radical (unpaired) electrons. The molecule has 2 unspecified atom stereocenters. The maximum absolute atomic E-state index is 14.3. The number of nitrogens with two attached hydrogens (primary N) is 1. The second-order valence-corrected chi connectivity index (χ2v) is 6.84. The van der Waals surface area contributed by atoms with Crippen LogP contribution in [0.5, 0.6) is 0 Å². The molecule has 2 N–H and O–H groups in total. The second-order valence-electron chi connectivity index (χ2n) is 6.84. The molecular formula is C17H26FN. The minimum absolute atomic E-state index is 0.133. The Morgan fingerprint density at radius 2 is 1.95 bits per heavy atom. The molecule has 19 heavy (non-hydrogen) atoms. The normalized spacial score (nSPS) is 24.2. The number of rotatable bonds is 2. The highest BCUT2D eigenvalue weighted by molar-refractivity contribution is 5.34. The summed E-state index contributed by atoms with van der Waals surface area (Å²) in [4.78, 5) is 0. The highest BCUT2D eigenvalue weighted by Crippen LogP contribution is 2.46. The molecule has 0 saturated heterocycles. The first-order valence-corrected chi connectivity index (χ1v) is 7.35. The zero-order chi connectivity index (χ0) is 14.2. The van der Waals surface area contributed by atoms with Crippen LogP contribution in [0.2, 0.25) is 0 Å². The van der Waals surface area contributed by atoms with Crippen molar-refractivity contribution in [1.29, 1.82) is 0 Å². The second kappa shape index (κ2) is 5.24. The molecule has 106 valence electrons. The lowest BCUT2D eigenvalue weighted by Crippen LogP contribution is -2.37. The Kier molecular flexibility index (Phi) is 4.00. The summed E-state index contributed by atoms with van der Waals surface area (Å²) in [5, 5.41) is 0. The molecule has 1 aromatic rings. The van der Waals surface area contributed by atoms with Crippen molar-refractivity contribution < 1.29 is 4.39 Å². The number of hydrogen-bond donors (Lipinski definition) is 1. The molecule has 1 aromatic carbocycles. The third-order valence-electron chi connectivity index (χ3n) is 4.84. The van der Waals surface area contributed by atoms with Crippen molar-refractivity contribution in [3.63, 3.8) is 0 Å². The fourth-order valence-corrected chi connectivity index (χ4v) is 3.74. The Morgan fingerprint density at radius 1 is 1.26 bits per heavy atom. The van der Waals surface area contributed by atoms with Crippen LogP contribution in [-0.4, -0.2) is 0 Å². The minimum Gasteiger partial charge on any atom is -0.324 e. The summed E-state index contributed by atoms with van der Waals surface area (Å²) >= 11 is 0. The Bertz CT molecular complexity index is 441. The van der Waals surface area contributed by atoms with Gasteiger partial charge in [-0.3, -0.25) is 0 Å². The van der Waals surface area contributed by atoms with Crippen LogP contribution in [0.25, 0.3) is 0 Å². The topological polar surface area (TPSA) is 26.0 Å². The molecule has 1 aliphatic rings. The fraction of sp³-hybridized carbons (Fsp3) is 0.647. The molecular weight excluding hydrogens is 237 g/mol. The van der Waals surface area contributed by atoms with Gasteiger partial charge in [-0.2, -0.15) is 0 Å². The molecule has 0 bridgehead atoms. The molecule has 1 fully saturated rings. The van der Waals surface area contributed by atoms with Crippen molar-refractivity contribution in [3.8, 4) is 0 Å². The lowest BCUT2D eigenvalue weighted by Gasteiger charge is -2.42. The third kappa shape index (κ3) is 2.84. The van der Waals surface area contributed by atoms with Gasteiger partial charge in [-0.25, -0.2) is 4.39 Å². The smallest absolute Gasteiger partial charge is 0.128 e. The Balaban J connectivity index is 2.36. The summed E-state index contributed by atoms with van der Waals surface area (Å²) in [5.74, 6) is 0.239. The quantitative estimate of drug-likeness (QED) is 0.825. The Hall–Kier alpha value is -0.890. The number of hydrogen-bond acceptors (Lipinski definition) is 1. The lowest BCUT2D eigenvalue weighted by atomic mass is 9.64. The largest absolute Gasteiger partial charge is 0.324 e. The standard InChI is InChI=1S/C17H26FN/c1-11-9-12(2)15(14(18)10-11)16(19)13-7-5-6-8-17(13,3)4/h9-10,13,16H,5-8,19H2,1-4H3. The Labute approximate surface area is 116 Å². The van der Waals surface area contributed by atoms with Gasteiger partial charge in [-0.05, 0) is 55.2 Å². The van der Waals surface area contributed by atoms with E-state index in [1.807, 2.05) is 19.9 Å². The first kappa shape index (κ1) is 14.5. The van der Waals surface area contributed by atoms with E-state index in [1.54, 1.807) is 6.07 Å². The predicted octanol–water partition coefficient (Wildman–Crippen LogP) is 4.66. The van der Waals surface area contributed by atoms with Gasteiger partial charge in [0.25, 0.3) is 0 Å². The lowest BCUT2D eigenvalue weighted by molar-refractivity contribution is 0.111. The van der Waals surface area contributed by atoms with E-state index in [0.717, 1.165) is 23.1 Å². The summed E-state index contributed by atoms with van der Waals surface area (Å²) < 4.78 is 14.3. The van der Waals surface area contributed by atoms with Gasteiger partial charge >= 0.3 is 0 Å². The molecule has 1 aliphatic carbocycles. The predicted molar refractivity (Wildman–Crippen MR) is 78.5 cm³/mol. The van der Waals surface area contributed by atoms with E-state index in [-0.39, 0.29) is 17.3 Å². The van der Waals surface area contributed by atoms with Crippen molar-refractivity contribution in [1.82, 2.24) is 0 Å². The molecule has 0 heterocycles. The summed E-state index contributed by atoms with van der Waals surface area (Å²) in [6.45, 7) is 8.45. The summed E-state index contributed by atoms with van der Waals surface area (Å²) in [6, 6.07) is 3.46. The molecule has 0 amide bonds. The van der Waals surface area contributed by atoms with E-state index in [1.165, 1.54) is 19.3 Å². The third-order valence-corrected chi connectivity index (χ3v) is 4.84.